The van der Waals surface area contributed by atoms with Crippen LogP contribution in [0.4, 0.5) is 0 Å². The van der Waals surface area contributed by atoms with Gasteiger partial charge < -0.3 is 4.74 Å². The molecule has 0 N–H and O–H groups in total. The van der Waals surface area contributed by atoms with E-state index < -0.39 is 5.69 Å². The number of pyridine rings is 1. The van der Waals surface area contributed by atoms with E-state index in [1.54, 1.807) is 24.4 Å². The monoisotopic (exact) mass is 499 g/mol. The van der Waals surface area contributed by atoms with Crippen LogP contribution in [0.25, 0.3) is 5.65 Å². The lowest BCUT2D eigenvalue weighted by atomic mass is 9.97. The highest BCUT2D eigenvalue weighted by molar-refractivity contribution is 7.99. The average Bonchev–Trinajstić information content (AvgIpc) is 3.34. The molecule has 4 aromatic rings. The van der Waals surface area contributed by atoms with Crippen LogP contribution in [-0.2, 0) is 4.79 Å². The third kappa shape index (κ3) is 4.87. The van der Waals surface area contributed by atoms with Gasteiger partial charge in [-0.1, -0.05) is 47.7 Å². The second kappa shape index (κ2) is 9.94. The first kappa shape index (κ1) is 23.7. The molecule has 36 heavy (non-hydrogen) atoms. The predicted molar refractivity (Wildman–Crippen MR) is 140 cm³/mol. The van der Waals surface area contributed by atoms with Crippen molar-refractivity contribution in [2.75, 3.05) is 12.9 Å². The lowest BCUT2D eigenvalue weighted by Crippen LogP contribution is -2.29. The Kier molecular flexibility index (Phi) is 6.56. The molecule has 182 valence electrons. The van der Waals surface area contributed by atoms with E-state index in [0.717, 1.165) is 45.5 Å². The smallest absolute Gasteiger partial charge is 0.355 e. The van der Waals surface area contributed by atoms with Crippen LogP contribution < -0.4 is 10.4 Å². The molecule has 2 aromatic carbocycles. The number of carbonyl (C=O) groups is 1. The van der Waals surface area contributed by atoms with Crippen molar-refractivity contribution in [3.8, 4) is 5.75 Å². The number of amides is 1. The Bertz CT molecular complexity index is 1510. The van der Waals surface area contributed by atoms with Crippen molar-refractivity contribution in [3.63, 3.8) is 0 Å². The second-order valence-corrected chi connectivity index (χ2v) is 9.60. The molecule has 0 radical (unpaired) electrons. The Morgan fingerprint density at radius 1 is 1.00 bits per heavy atom. The molecule has 0 fully saturated rings. The number of rotatable bonds is 6. The molecule has 1 aliphatic heterocycles. The maximum Gasteiger partial charge on any atom is 0.355 e. The molecule has 8 nitrogen and oxygen atoms in total. The summed E-state index contributed by atoms with van der Waals surface area (Å²) in [5.74, 6) is 0.642. The largest absolute Gasteiger partial charge is 0.497 e. The zero-order valence-corrected chi connectivity index (χ0v) is 21.0. The zero-order chi connectivity index (χ0) is 25.2. The van der Waals surface area contributed by atoms with Gasteiger partial charge in [0.15, 0.2) is 5.16 Å². The van der Waals surface area contributed by atoms with Crippen molar-refractivity contribution < 1.29 is 9.53 Å². The molecule has 5 rings (SSSR count). The number of methoxy groups -OCH3 is 1. The fraction of sp³-hybridized carbons (Fsp3) is 0.222. The number of aromatic nitrogens is 3. The van der Waals surface area contributed by atoms with E-state index in [9.17, 15) is 9.59 Å². The number of carbonyl (C=O) groups excluding carboxylic acids is 1. The summed E-state index contributed by atoms with van der Waals surface area (Å²) in [6.45, 7) is 3.93. The van der Waals surface area contributed by atoms with E-state index >= 15 is 0 Å². The Morgan fingerprint density at radius 2 is 1.72 bits per heavy atom. The van der Waals surface area contributed by atoms with Gasteiger partial charge in [0.05, 0.1) is 24.6 Å². The van der Waals surface area contributed by atoms with E-state index in [1.165, 1.54) is 4.40 Å². The molecule has 2 aromatic heterocycles. The first-order valence-corrected chi connectivity index (χ1v) is 12.5. The molecule has 1 atom stereocenters. The molecule has 3 heterocycles. The lowest BCUT2D eigenvalue weighted by Gasteiger charge is -2.22. The number of hydrogen-bond donors (Lipinski definition) is 0. The van der Waals surface area contributed by atoms with E-state index in [4.69, 9.17) is 9.84 Å². The molecule has 0 aliphatic carbocycles. The van der Waals surface area contributed by atoms with Crippen molar-refractivity contribution in [1.29, 1.82) is 0 Å². The lowest BCUT2D eigenvalue weighted by molar-refractivity contribution is -0.130. The first-order chi connectivity index (χ1) is 17.4. The first-order valence-electron chi connectivity index (χ1n) is 11.5. The van der Waals surface area contributed by atoms with Crippen LogP contribution in [0.2, 0.25) is 0 Å². The maximum absolute atomic E-state index is 13.4. The minimum Gasteiger partial charge on any atom is -0.497 e. The SMILES string of the molecule is COc1ccc(C2=NN(C(=O)CSc3nc(=O)n4cc(C)ccc4n3)[C@H](c3ccc(C)cc3)C2)cc1. The fourth-order valence-corrected chi connectivity index (χ4v) is 4.79. The normalized spacial score (nSPS) is 15.2. The van der Waals surface area contributed by atoms with Crippen molar-refractivity contribution in [3.05, 3.63) is 99.6 Å². The highest BCUT2D eigenvalue weighted by Crippen LogP contribution is 2.34. The van der Waals surface area contributed by atoms with Gasteiger partial charge in [0.25, 0.3) is 5.91 Å². The predicted octanol–water partition coefficient (Wildman–Crippen LogP) is 4.18. The number of ether oxygens (including phenoxy) is 1. The van der Waals surface area contributed by atoms with Gasteiger partial charge in [-0.2, -0.15) is 10.1 Å². The summed E-state index contributed by atoms with van der Waals surface area (Å²) in [5, 5.41) is 6.54. The average molecular weight is 500 g/mol. The minimum absolute atomic E-state index is 0.0588. The molecule has 0 saturated heterocycles. The number of nitrogens with zero attached hydrogens (tertiary/aromatic N) is 5. The fourth-order valence-electron chi connectivity index (χ4n) is 4.11. The number of fused-ring (bicyclic) bond motifs is 1. The van der Waals surface area contributed by atoms with Crippen molar-refractivity contribution >= 4 is 29.0 Å². The standard InChI is InChI=1S/C27H25N5O3S/c1-17-4-7-20(8-5-17)23-14-22(19-9-11-21(35-3)12-10-19)30-32(23)25(33)16-36-26-28-24-13-6-18(2)15-31(24)27(34)29-26/h4-13,15,23H,14,16H2,1-3H3/t23-/m0/s1. The van der Waals surface area contributed by atoms with Gasteiger partial charge in [-0.3, -0.25) is 9.20 Å². The van der Waals surface area contributed by atoms with Gasteiger partial charge in [-0.05, 0) is 60.9 Å². The Hall–Kier alpha value is -3.98. The molecule has 0 bridgehead atoms. The van der Waals surface area contributed by atoms with Crippen LogP contribution in [0.15, 0.2) is 81.9 Å². The summed E-state index contributed by atoms with van der Waals surface area (Å²) in [6.07, 6.45) is 2.29. The van der Waals surface area contributed by atoms with Crippen LogP contribution >= 0.6 is 11.8 Å². The van der Waals surface area contributed by atoms with Gasteiger partial charge in [0.2, 0.25) is 0 Å². The van der Waals surface area contributed by atoms with Gasteiger partial charge in [0.1, 0.15) is 11.4 Å². The molecule has 0 unspecified atom stereocenters. The number of aryl methyl sites for hydroxylation is 2. The quantitative estimate of drug-likeness (QED) is 0.370. The van der Waals surface area contributed by atoms with Crippen molar-refractivity contribution in [2.24, 2.45) is 5.10 Å². The Morgan fingerprint density at radius 3 is 2.44 bits per heavy atom. The van der Waals surface area contributed by atoms with Crippen molar-refractivity contribution in [2.45, 2.75) is 31.5 Å². The van der Waals surface area contributed by atoms with Gasteiger partial charge in [0, 0.05) is 12.6 Å². The molecule has 1 aliphatic rings. The second-order valence-electron chi connectivity index (χ2n) is 8.66. The van der Waals surface area contributed by atoms with Crippen LogP contribution in [0.1, 0.15) is 34.7 Å². The summed E-state index contributed by atoms with van der Waals surface area (Å²) in [6, 6.07) is 19.2. The number of thioether (sulfide) groups is 1. The summed E-state index contributed by atoms with van der Waals surface area (Å²) in [7, 11) is 1.63. The van der Waals surface area contributed by atoms with Gasteiger partial charge in [-0.15, -0.1) is 0 Å². The highest BCUT2D eigenvalue weighted by Gasteiger charge is 2.33. The highest BCUT2D eigenvalue weighted by atomic mass is 32.2. The van der Waals surface area contributed by atoms with E-state index in [-0.39, 0.29) is 22.9 Å². The van der Waals surface area contributed by atoms with Crippen LogP contribution in [0.5, 0.6) is 5.75 Å². The van der Waals surface area contributed by atoms with E-state index in [2.05, 4.69) is 9.97 Å². The molecular formula is C27H25N5O3S. The number of hydrogen-bond acceptors (Lipinski definition) is 7. The Labute approximate surface area is 212 Å². The van der Waals surface area contributed by atoms with Gasteiger partial charge >= 0.3 is 5.69 Å². The Balaban J connectivity index is 1.40. The molecular weight excluding hydrogens is 474 g/mol. The van der Waals surface area contributed by atoms with E-state index in [0.29, 0.717) is 12.1 Å². The third-order valence-corrected chi connectivity index (χ3v) is 6.89. The molecule has 1 amide bonds. The van der Waals surface area contributed by atoms with Gasteiger partial charge in [-0.25, -0.2) is 14.8 Å². The summed E-state index contributed by atoms with van der Waals surface area (Å²) in [4.78, 5) is 34.3. The van der Waals surface area contributed by atoms with Crippen molar-refractivity contribution in [1.82, 2.24) is 19.4 Å². The summed E-state index contributed by atoms with van der Waals surface area (Å²) < 4.78 is 6.67. The van der Waals surface area contributed by atoms with Crippen LogP contribution in [-0.4, -0.2) is 43.9 Å². The zero-order valence-electron chi connectivity index (χ0n) is 20.2. The summed E-state index contributed by atoms with van der Waals surface area (Å²) >= 11 is 1.14. The number of benzene rings is 2. The summed E-state index contributed by atoms with van der Waals surface area (Å²) in [5.41, 5.74) is 4.95. The number of hydrazone groups is 1. The molecule has 0 saturated carbocycles. The molecule has 0 spiro atoms. The van der Waals surface area contributed by atoms with Crippen LogP contribution in [0.3, 0.4) is 0 Å². The topological polar surface area (TPSA) is 89.2 Å². The third-order valence-electron chi connectivity index (χ3n) is 6.06. The molecule has 9 heteroatoms. The maximum atomic E-state index is 13.4. The van der Waals surface area contributed by atoms with Crippen LogP contribution in [0, 0.1) is 13.8 Å². The van der Waals surface area contributed by atoms with E-state index in [1.807, 2.05) is 68.4 Å². The minimum atomic E-state index is -0.419.